The van der Waals surface area contributed by atoms with Gasteiger partial charge in [0, 0.05) is 6.54 Å². The van der Waals surface area contributed by atoms with E-state index in [9.17, 15) is 0 Å². The Hall–Kier alpha value is -0.860. The van der Waals surface area contributed by atoms with Gasteiger partial charge in [0.1, 0.15) is 0 Å². The van der Waals surface area contributed by atoms with Gasteiger partial charge in [0.2, 0.25) is 0 Å². The zero-order valence-electron chi connectivity index (χ0n) is 13.9. The number of benzene rings is 1. The molecule has 21 heavy (non-hydrogen) atoms. The molecule has 2 heteroatoms. The van der Waals surface area contributed by atoms with Crippen LogP contribution in [0.1, 0.15) is 57.6 Å². The molecule has 2 nitrogen and oxygen atoms in total. The normalized spacial score (nSPS) is 22.7. The lowest BCUT2D eigenvalue weighted by atomic mass is 9.89. The van der Waals surface area contributed by atoms with Crippen molar-refractivity contribution in [1.82, 2.24) is 5.32 Å². The van der Waals surface area contributed by atoms with E-state index in [0.29, 0.717) is 12.0 Å². The van der Waals surface area contributed by atoms with Crippen molar-refractivity contribution < 1.29 is 4.74 Å². The number of hydrogen-bond donors (Lipinski definition) is 1. The average molecular weight is 289 g/mol. The topological polar surface area (TPSA) is 21.3 Å². The van der Waals surface area contributed by atoms with Crippen molar-refractivity contribution in [3.05, 3.63) is 35.4 Å². The molecule has 1 N–H and O–H groups in total. The van der Waals surface area contributed by atoms with E-state index in [1.807, 2.05) is 0 Å². The zero-order chi connectivity index (χ0) is 15.1. The Balaban J connectivity index is 1.69. The first kappa shape index (κ1) is 16.5. The molecule has 1 aromatic rings. The minimum Gasteiger partial charge on any atom is -0.374 e. The highest BCUT2D eigenvalue weighted by Gasteiger charge is 2.18. The third kappa shape index (κ3) is 6.19. The summed E-state index contributed by atoms with van der Waals surface area (Å²) in [5.41, 5.74) is 2.65. The van der Waals surface area contributed by atoms with Crippen LogP contribution in [0.25, 0.3) is 0 Å². The third-order valence-corrected chi connectivity index (χ3v) is 4.35. The molecule has 118 valence electrons. The molecule has 0 spiro atoms. The van der Waals surface area contributed by atoms with Crippen LogP contribution < -0.4 is 5.32 Å². The van der Waals surface area contributed by atoms with Crippen molar-refractivity contribution in [3.8, 4) is 0 Å². The quantitative estimate of drug-likeness (QED) is 0.796. The highest BCUT2D eigenvalue weighted by molar-refractivity contribution is 5.21. The first-order valence-electron chi connectivity index (χ1n) is 8.53. The molecular formula is C19H31NO. The van der Waals surface area contributed by atoms with Crippen LogP contribution in [-0.2, 0) is 17.9 Å². The Bertz CT molecular complexity index is 391. The molecule has 0 aliphatic heterocycles. The zero-order valence-corrected chi connectivity index (χ0v) is 13.9. The Morgan fingerprint density at radius 1 is 1.05 bits per heavy atom. The summed E-state index contributed by atoms with van der Waals surface area (Å²) in [6.07, 6.45) is 5.60. The van der Waals surface area contributed by atoms with Crippen LogP contribution in [0.15, 0.2) is 24.3 Å². The first-order valence-corrected chi connectivity index (χ1v) is 8.53. The van der Waals surface area contributed by atoms with Crippen LogP contribution in [0, 0.1) is 11.8 Å². The summed E-state index contributed by atoms with van der Waals surface area (Å²) in [4.78, 5) is 0. The summed E-state index contributed by atoms with van der Waals surface area (Å²) >= 11 is 0. The van der Waals surface area contributed by atoms with Gasteiger partial charge in [-0.25, -0.2) is 0 Å². The molecule has 1 fully saturated rings. The second-order valence-corrected chi connectivity index (χ2v) is 7.03. The maximum absolute atomic E-state index is 6.05. The summed E-state index contributed by atoms with van der Waals surface area (Å²) in [6, 6.07) is 8.85. The molecule has 0 radical (unpaired) electrons. The van der Waals surface area contributed by atoms with Gasteiger partial charge >= 0.3 is 0 Å². The van der Waals surface area contributed by atoms with Crippen molar-refractivity contribution >= 4 is 0 Å². The molecule has 0 amide bonds. The minimum absolute atomic E-state index is 0.480. The van der Waals surface area contributed by atoms with Crippen molar-refractivity contribution in [2.24, 2.45) is 11.8 Å². The van der Waals surface area contributed by atoms with E-state index >= 15 is 0 Å². The second kappa shape index (κ2) is 8.55. The fourth-order valence-corrected chi connectivity index (χ4v) is 2.87. The summed E-state index contributed by atoms with van der Waals surface area (Å²) in [5, 5.41) is 3.48. The largest absolute Gasteiger partial charge is 0.374 e. The van der Waals surface area contributed by atoms with Crippen molar-refractivity contribution in [3.63, 3.8) is 0 Å². The van der Waals surface area contributed by atoms with E-state index in [2.05, 4.69) is 50.4 Å². The first-order chi connectivity index (χ1) is 10.1. The fourth-order valence-electron chi connectivity index (χ4n) is 2.87. The van der Waals surface area contributed by atoms with E-state index in [0.717, 1.165) is 25.6 Å². The smallest absolute Gasteiger partial charge is 0.0720 e. The van der Waals surface area contributed by atoms with Crippen LogP contribution in [-0.4, -0.2) is 12.6 Å². The molecular weight excluding hydrogens is 258 g/mol. The van der Waals surface area contributed by atoms with E-state index in [1.165, 1.54) is 36.8 Å². The predicted molar refractivity (Wildman–Crippen MR) is 89.2 cm³/mol. The molecule has 0 bridgehead atoms. The highest BCUT2D eigenvalue weighted by Crippen LogP contribution is 2.26. The van der Waals surface area contributed by atoms with Crippen molar-refractivity contribution in [2.75, 3.05) is 6.54 Å². The van der Waals surface area contributed by atoms with Gasteiger partial charge in [-0.15, -0.1) is 0 Å². The summed E-state index contributed by atoms with van der Waals surface area (Å²) < 4.78 is 6.05. The highest BCUT2D eigenvalue weighted by atomic mass is 16.5. The summed E-state index contributed by atoms with van der Waals surface area (Å²) in [6.45, 7) is 9.62. The second-order valence-electron chi connectivity index (χ2n) is 7.03. The lowest BCUT2D eigenvalue weighted by Gasteiger charge is -2.26. The SMILES string of the molecule is CC(C)CNCc1ccc(COC2CCC(C)CC2)cc1. The summed E-state index contributed by atoms with van der Waals surface area (Å²) in [5.74, 6) is 1.60. The van der Waals surface area contributed by atoms with E-state index in [4.69, 9.17) is 4.74 Å². The molecule has 0 heterocycles. The maximum Gasteiger partial charge on any atom is 0.0720 e. The molecule has 1 aliphatic carbocycles. The Kier molecular flexibility index (Phi) is 6.72. The summed E-state index contributed by atoms with van der Waals surface area (Å²) in [7, 11) is 0. The number of ether oxygens (including phenoxy) is 1. The third-order valence-electron chi connectivity index (χ3n) is 4.35. The van der Waals surface area contributed by atoms with Crippen LogP contribution in [0.4, 0.5) is 0 Å². The minimum atomic E-state index is 0.480. The van der Waals surface area contributed by atoms with Gasteiger partial charge in [-0.2, -0.15) is 0 Å². The van der Waals surface area contributed by atoms with Gasteiger partial charge in [0.05, 0.1) is 12.7 Å². The standard InChI is InChI=1S/C19H31NO/c1-15(2)12-20-13-17-6-8-18(9-7-17)14-21-19-10-4-16(3)5-11-19/h6-9,15-16,19-20H,4-5,10-14H2,1-3H3. The number of rotatable bonds is 7. The lowest BCUT2D eigenvalue weighted by Crippen LogP contribution is -2.20. The molecule has 0 unspecified atom stereocenters. The van der Waals surface area contributed by atoms with Gasteiger partial charge < -0.3 is 10.1 Å². The van der Waals surface area contributed by atoms with Gasteiger partial charge in [-0.1, -0.05) is 45.0 Å². The van der Waals surface area contributed by atoms with Crippen molar-refractivity contribution in [1.29, 1.82) is 0 Å². The van der Waals surface area contributed by atoms with E-state index < -0.39 is 0 Å². The molecule has 2 rings (SSSR count). The monoisotopic (exact) mass is 289 g/mol. The van der Waals surface area contributed by atoms with Crippen molar-refractivity contribution in [2.45, 2.75) is 65.7 Å². The van der Waals surface area contributed by atoms with E-state index in [-0.39, 0.29) is 0 Å². The predicted octanol–water partition coefficient (Wildman–Crippen LogP) is 4.53. The van der Waals surface area contributed by atoms with Gasteiger partial charge in [0.15, 0.2) is 0 Å². The molecule has 1 saturated carbocycles. The van der Waals surface area contributed by atoms with Crippen LogP contribution >= 0.6 is 0 Å². The van der Waals surface area contributed by atoms with Gasteiger partial charge in [0.25, 0.3) is 0 Å². The number of hydrogen-bond acceptors (Lipinski definition) is 2. The molecule has 1 aliphatic rings. The molecule has 0 atom stereocenters. The van der Waals surface area contributed by atoms with Crippen LogP contribution in [0.5, 0.6) is 0 Å². The number of nitrogens with one attached hydrogen (secondary N) is 1. The Morgan fingerprint density at radius 2 is 1.67 bits per heavy atom. The van der Waals surface area contributed by atoms with Crippen LogP contribution in [0.2, 0.25) is 0 Å². The molecule has 0 saturated heterocycles. The Labute approximate surface area is 130 Å². The van der Waals surface area contributed by atoms with E-state index in [1.54, 1.807) is 0 Å². The maximum atomic E-state index is 6.05. The lowest BCUT2D eigenvalue weighted by molar-refractivity contribution is 0.00877. The molecule has 1 aromatic carbocycles. The fraction of sp³-hybridized carbons (Fsp3) is 0.684. The molecule has 0 aromatic heterocycles. The van der Waals surface area contributed by atoms with Gasteiger partial charge in [-0.3, -0.25) is 0 Å². The average Bonchev–Trinajstić information content (AvgIpc) is 2.48. The Morgan fingerprint density at radius 3 is 2.29 bits per heavy atom. The van der Waals surface area contributed by atoms with Gasteiger partial charge in [-0.05, 0) is 55.2 Å². The van der Waals surface area contributed by atoms with Crippen LogP contribution in [0.3, 0.4) is 0 Å².